The number of unbranched alkanes of at least 4 members (excludes halogenated alkanes) is 1. The molecule has 1 aliphatic rings. The number of amides is 1. The van der Waals surface area contributed by atoms with Gasteiger partial charge in [0, 0.05) is 30.4 Å². The van der Waals surface area contributed by atoms with Crippen molar-refractivity contribution in [3.63, 3.8) is 0 Å². The summed E-state index contributed by atoms with van der Waals surface area (Å²) < 4.78 is 1.79. The van der Waals surface area contributed by atoms with Gasteiger partial charge in [-0.25, -0.2) is 0 Å². The molecule has 1 aromatic heterocycles. The standard InChI is InChI=1S/C23H33ClN4O/c1-6-8-11-23(7-2,19-15-26-28(5)16-19)27-22(29)21-13-18(4)12-20(24)10-9-17(3)14-25-21/h9-10,12-13,15-16,25H,6-8,11,14H2,1-5H3,(H,27,29)/b17-9+,18-12+,20-10+,21-13-. The van der Waals surface area contributed by atoms with Crippen LogP contribution < -0.4 is 10.6 Å². The van der Waals surface area contributed by atoms with Gasteiger partial charge in [0.2, 0.25) is 0 Å². The Labute approximate surface area is 179 Å². The molecule has 0 bridgehead atoms. The monoisotopic (exact) mass is 416 g/mol. The number of halogens is 1. The van der Waals surface area contributed by atoms with E-state index in [2.05, 4.69) is 29.6 Å². The van der Waals surface area contributed by atoms with E-state index in [9.17, 15) is 4.79 Å². The summed E-state index contributed by atoms with van der Waals surface area (Å²) in [4.78, 5) is 13.3. The van der Waals surface area contributed by atoms with E-state index in [-0.39, 0.29) is 5.91 Å². The molecule has 6 heteroatoms. The Bertz CT molecular complexity index is 847. The molecule has 0 aliphatic carbocycles. The smallest absolute Gasteiger partial charge is 0.268 e. The van der Waals surface area contributed by atoms with E-state index >= 15 is 0 Å². The van der Waals surface area contributed by atoms with Crippen LogP contribution in [0.2, 0.25) is 0 Å². The molecule has 0 aromatic carbocycles. The van der Waals surface area contributed by atoms with Crippen molar-refractivity contribution in [2.45, 2.75) is 58.9 Å². The summed E-state index contributed by atoms with van der Waals surface area (Å²) in [5.74, 6) is -0.118. The number of nitrogens with zero attached hydrogens (tertiary/aromatic N) is 2. The molecular weight excluding hydrogens is 384 g/mol. The number of rotatable bonds is 7. The van der Waals surface area contributed by atoms with Crippen LogP contribution in [0.3, 0.4) is 0 Å². The van der Waals surface area contributed by atoms with E-state index < -0.39 is 5.54 Å². The summed E-state index contributed by atoms with van der Waals surface area (Å²) in [6, 6.07) is 0. The van der Waals surface area contributed by atoms with Gasteiger partial charge in [-0.3, -0.25) is 9.48 Å². The van der Waals surface area contributed by atoms with E-state index in [1.165, 1.54) is 0 Å². The van der Waals surface area contributed by atoms with Gasteiger partial charge >= 0.3 is 0 Å². The molecule has 5 nitrogen and oxygen atoms in total. The lowest BCUT2D eigenvalue weighted by molar-refractivity contribution is -0.120. The summed E-state index contributed by atoms with van der Waals surface area (Å²) >= 11 is 6.26. The van der Waals surface area contributed by atoms with Gasteiger partial charge in [0.1, 0.15) is 5.70 Å². The van der Waals surface area contributed by atoms with Crippen LogP contribution in [0, 0.1) is 0 Å². The molecule has 0 fully saturated rings. The highest BCUT2D eigenvalue weighted by Crippen LogP contribution is 2.31. The quantitative estimate of drug-likeness (QED) is 0.668. The van der Waals surface area contributed by atoms with Crippen molar-refractivity contribution < 1.29 is 4.79 Å². The summed E-state index contributed by atoms with van der Waals surface area (Å²) in [6.07, 6.45) is 15.2. The predicted molar refractivity (Wildman–Crippen MR) is 120 cm³/mol. The van der Waals surface area contributed by atoms with Crippen LogP contribution >= 0.6 is 11.6 Å². The fourth-order valence-electron chi connectivity index (χ4n) is 3.43. The van der Waals surface area contributed by atoms with Gasteiger partial charge in [0.25, 0.3) is 5.91 Å². The molecule has 158 valence electrons. The molecule has 1 aromatic rings. The first-order chi connectivity index (χ1) is 13.8. The number of hydrogen-bond acceptors (Lipinski definition) is 3. The Hall–Kier alpha value is -2.27. The maximum atomic E-state index is 13.3. The second kappa shape index (κ2) is 10.5. The maximum absolute atomic E-state index is 13.3. The third-order valence-electron chi connectivity index (χ3n) is 5.24. The lowest BCUT2D eigenvalue weighted by Crippen LogP contribution is -2.47. The summed E-state index contributed by atoms with van der Waals surface area (Å²) in [5.41, 5.74) is 3.14. The molecule has 2 heterocycles. The topological polar surface area (TPSA) is 59.0 Å². The molecule has 0 saturated carbocycles. The normalized spacial score (nSPS) is 24.3. The van der Waals surface area contributed by atoms with E-state index in [0.29, 0.717) is 17.3 Å². The molecule has 0 radical (unpaired) electrons. The number of hydrogen-bond donors (Lipinski definition) is 2. The van der Waals surface area contributed by atoms with Crippen LogP contribution in [0.25, 0.3) is 0 Å². The van der Waals surface area contributed by atoms with E-state index in [0.717, 1.165) is 42.4 Å². The van der Waals surface area contributed by atoms with Crippen LogP contribution in [0.1, 0.15) is 58.9 Å². The first-order valence-corrected chi connectivity index (χ1v) is 10.7. The Kier molecular flexibility index (Phi) is 8.32. The highest BCUT2D eigenvalue weighted by Gasteiger charge is 2.33. The second-order valence-electron chi connectivity index (χ2n) is 7.76. The van der Waals surface area contributed by atoms with Crippen LogP contribution in [0.4, 0.5) is 0 Å². The first kappa shape index (κ1) is 23.0. The highest BCUT2D eigenvalue weighted by atomic mass is 35.5. The van der Waals surface area contributed by atoms with E-state index in [4.69, 9.17) is 11.6 Å². The van der Waals surface area contributed by atoms with E-state index in [1.54, 1.807) is 4.68 Å². The number of nitrogens with one attached hydrogen (secondary N) is 2. The number of aromatic nitrogens is 2. The van der Waals surface area contributed by atoms with Gasteiger partial charge in [0.05, 0.1) is 11.7 Å². The molecule has 2 N–H and O–H groups in total. The van der Waals surface area contributed by atoms with Crippen molar-refractivity contribution in [2.24, 2.45) is 7.05 Å². The average molecular weight is 417 g/mol. The molecular formula is C23H33ClN4O. The predicted octanol–water partition coefficient (Wildman–Crippen LogP) is 4.83. The van der Waals surface area contributed by atoms with Crippen molar-refractivity contribution in [1.29, 1.82) is 0 Å². The Morgan fingerprint density at radius 3 is 2.69 bits per heavy atom. The minimum atomic E-state index is -0.445. The second-order valence-corrected chi connectivity index (χ2v) is 8.20. The highest BCUT2D eigenvalue weighted by molar-refractivity contribution is 6.31. The molecule has 2 rings (SSSR count). The lowest BCUT2D eigenvalue weighted by Gasteiger charge is -2.34. The minimum Gasteiger partial charge on any atom is -0.377 e. The fraction of sp³-hybridized carbons (Fsp3) is 0.478. The largest absolute Gasteiger partial charge is 0.377 e. The Balaban J connectivity index is 2.37. The van der Waals surface area contributed by atoms with Crippen LogP contribution in [0.15, 0.2) is 58.6 Å². The van der Waals surface area contributed by atoms with Crippen molar-refractivity contribution in [1.82, 2.24) is 20.4 Å². The van der Waals surface area contributed by atoms with Gasteiger partial charge in [-0.15, -0.1) is 0 Å². The van der Waals surface area contributed by atoms with Gasteiger partial charge < -0.3 is 10.6 Å². The number of carbonyl (C=O) groups excluding carboxylic acids is 1. The third-order valence-corrected chi connectivity index (χ3v) is 5.47. The fourth-order valence-corrected chi connectivity index (χ4v) is 3.66. The zero-order valence-electron chi connectivity index (χ0n) is 18.2. The Morgan fingerprint density at radius 2 is 2.07 bits per heavy atom. The van der Waals surface area contributed by atoms with Crippen LogP contribution in [-0.4, -0.2) is 22.2 Å². The summed E-state index contributed by atoms with van der Waals surface area (Å²) in [6.45, 7) is 8.80. The molecule has 1 amide bonds. The van der Waals surface area contributed by atoms with Crippen molar-refractivity contribution in [3.05, 3.63) is 64.1 Å². The summed E-state index contributed by atoms with van der Waals surface area (Å²) in [5, 5.41) is 11.6. The average Bonchev–Trinajstić information content (AvgIpc) is 3.13. The third kappa shape index (κ3) is 6.36. The van der Waals surface area contributed by atoms with Gasteiger partial charge in [-0.2, -0.15) is 5.10 Å². The summed E-state index contributed by atoms with van der Waals surface area (Å²) in [7, 11) is 1.90. The molecule has 1 atom stereocenters. The SMILES string of the molecule is CCCCC(CC)(NC(=O)/C1=C/C(C)=C/C(Cl)=C\C=C(/C)CN1)c1cnn(C)c1. The van der Waals surface area contributed by atoms with Crippen molar-refractivity contribution in [2.75, 3.05) is 6.54 Å². The molecule has 0 saturated heterocycles. The molecule has 1 unspecified atom stereocenters. The maximum Gasteiger partial charge on any atom is 0.268 e. The first-order valence-electron chi connectivity index (χ1n) is 10.3. The number of carbonyl (C=O) groups is 1. The van der Waals surface area contributed by atoms with Crippen molar-refractivity contribution in [3.8, 4) is 0 Å². The van der Waals surface area contributed by atoms with Gasteiger partial charge in [-0.05, 0) is 50.5 Å². The zero-order chi connectivity index (χ0) is 21.4. The van der Waals surface area contributed by atoms with Crippen molar-refractivity contribution >= 4 is 17.5 Å². The van der Waals surface area contributed by atoms with Gasteiger partial charge in [-0.1, -0.05) is 49.9 Å². The zero-order valence-corrected chi connectivity index (χ0v) is 18.9. The lowest BCUT2D eigenvalue weighted by atomic mass is 9.84. The van der Waals surface area contributed by atoms with Crippen LogP contribution in [-0.2, 0) is 17.4 Å². The molecule has 29 heavy (non-hydrogen) atoms. The number of allylic oxidation sites excluding steroid dienone is 6. The molecule has 0 spiro atoms. The van der Waals surface area contributed by atoms with Gasteiger partial charge in [0.15, 0.2) is 0 Å². The molecule has 1 aliphatic heterocycles. The number of aryl methyl sites for hydroxylation is 1. The minimum absolute atomic E-state index is 0.118. The Morgan fingerprint density at radius 1 is 1.31 bits per heavy atom. The van der Waals surface area contributed by atoms with Crippen LogP contribution in [0.5, 0.6) is 0 Å². The van der Waals surface area contributed by atoms with E-state index in [1.807, 2.05) is 57.6 Å².